The van der Waals surface area contributed by atoms with E-state index >= 15 is 0 Å². The Bertz CT molecular complexity index is 391. The standard InChI is InChI=1S/C14H22N2O4/c1-20-13(18)8-15-14(19)10-7-12(17)16(9-10)11-5-3-2-4-6-11/h10-11H,2-9H2,1H3,(H,15,19). The number of methoxy groups -OCH3 is 1. The predicted octanol–water partition coefficient (Wildman–Crippen LogP) is 0.457. The number of carbonyl (C=O) groups is 3. The van der Waals surface area contributed by atoms with Gasteiger partial charge in [0.05, 0.1) is 13.0 Å². The van der Waals surface area contributed by atoms with Gasteiger partial charge < -0.3 is 15.0 Å². The molecule has 2 fully saturated rings. The number of likely N-dealkylation sites (tertiary alicyclic amines) is 1. The minimum absolute atomic E-state index is 0.0649. The number of rotatable bonds is 4. The van der Waals surface area contributed by atoms with E-state index < -0.39 is 5.97 Å². The van der Waals surface area contributed by atoms with Gasteiger partial charge in [-0.15, -0.1) is 0 Å². The molecule has 0 aromatic heterocycles. The zero-order chi connectivity index (χ0) is 14.5. The minimum Gasteiger partial charge on any atom is -0.468 e. The molecule has 112 valence electrons. The molecule has 20 heavy (non-hydrogen) atoms. The van der Waals surface area contributed by atoms with E-state index in [-0.39, 0.29) is 30.7 Å². The van der Waals surface area contributed by atoms with Crippen molar-refractivity contribution in [2.24, 2.45) is 5.92 Å². The van der Waals surface area contributed by atoms with Crippen LogP contribution in [0.4, 0.5) is 0 Å². The molecule has 0 bridgehead atoms. The molecule has 6 heteroatoms. The van der Waals surface area contributed by atoms with E-state index in [2.05, 4.69) is 10.1 Å². The number of carbonyl (C=O) groups excluding carboxylic acids is 3. The van der Waals surface area contributed by atoms with Crippen LogP contribution in [0.25, 0.3) is 0 Å². The van der Waals surface area contributed by atoms with Crippen molar-refractivity contribution < 1.29 is 19.1 Å². The van der Waals surface area contributed by atoms with E-state index in [1.165, 1.54) is 13.5 Å². The van der Waals surface area contributed by atoms with Gasteiger partial charge in [-0.25, -0.2) is 0 Å². The summed E-state index contributed by atoms with van der Waals surface area (Å²) in [5.41, 5.74) is 0. The summed E-state index contributed by atoms with van der Waals surface area (Å²) in [4.78, 5) is 36.8. The van der Waals surface area contributed by atoms with Gasteiger partial charge >= 0.3 is 5.97 Å². The van der Waals surface area contributed by atoms with Crippen LogP contribution >= 0.6 is 0 Å². The van der Waals surface area contributed by atoms with Crippen LogP contribution in [0.2, 0.25) is 0 Å². The lowest BCUT2D eigenvalue weighted by Crippen LogP contribution is -2.40. The van der Waals surface area contributed by atoms with Crippen LogP contribution in [0.5, 0.6) is 0 Å². The number of nitrogens with one attached hydrogen (secondary N) is 1. The monoisotopic (exact) mass is 282 g/mol. The highest BCUT2D eigenvalue weighted by Crippen LogP contribution is 2.28. The predicted molar refractivity (Wildman–Crippen MR) is 71.7 cm³/mol. The summed E-state index contributed by atoms with van der Waals surface area (Å²) in [5.74, 6) is -0.988. The van der Waals surface area contributed by atoms with E-state index in [0.29, 0.717) is 12.6 Å². The van der Waals surface area contributed by atoms with Gasteiger partial charge in [0.1, 0.15) is 6.54 Å². The number of esters is 1. The molecule has 1 saturated carbocycles. The van der Waals surface area contributed by atoms with Crippen molar-refractivity contribution in [3.05, 3.63) is 0 Å². The van der Waals surface area contributed by atoms with Gasteiger partial charge in [0, 0.05) is 19.0 Å². The zero-order valence-corrected chi connectivity index (χ0v) is 11.9. The first-order valence-electron chi connectivity index (χ1n) is 7.26. The Balaban J connectivity index is 1.84. The number of hydrogen-bond acceptors (Lipinski definition) is 4. The van der Waals surface area contributed by atoms with E-state index in [1.807, 2.05) is 4.90 Å². The number of amides is 2. The van der Waals surface area contributed by atoms with Crippen molar-refractivity contribution in [2.45, 2.75) is 44.6 Å². The summed E-state index contributed by atoms with van der Waals surface area (Å²) in [6, 6.07) is 0.301. The Labute approximate surface area is 118 Å². The Kier molecular flexibility index (Phi) is 4.98. The van der Waals surface area contributed by atoms with Crippen molar-refractivity contribution in [1.82, 2.24) is 10.2 Å². The maximum atomic E-state index is 12.0. The van der Waals surface area contributed by atoms with E-state index in [0.717, 1.165) is 25.7 Å². The highest BCUT2D eigenvalue weighted by molar-refractivity contribution is 5.90. The zero-order valence-electron chi connectivity index (χ0n) is 11.9. The smallest absolute Gasteiger partial charge is 0.325 e. The number of hydrogen-bond donors (Lipinski definition) is 1. The third kappa shape index (κ3) is 3.49. The lowest BCUT2D eigenvalue weighted by atomic mass is 9.94. The lowest BCUT2D eigenvalue weighted by Gasteiger charge is -2.31. The highest BCUT2D eigenvalue weighted by Gasteiger charge is 2.38. The molecule has 1 heterocycles. The largest absolute Gasteiger partial charge is 0.468 e. The molecule has 6 nitrogen and oxygen atoms in total. The van der Waals surface area contributed by atoms with Crippen LogP contribution in [0.15, 0.2) is 0 Å². The van der Waals surface area contributed by atoms with Crippen LogP contribution in [0.3, 0.4) is 0 Å². The molecule has 1 unspecified atom stereocenters. The summed E-state index contributed by atoms with van der Waals surface area (Å²) >= 11 is 0. The van der Waals surface area contributed by atoms with E-state index in [1.54, 1.807) is 0 Å². The van der Waals surface area contributed by atoms with Crippen LogP contribution in [-0.4, -0.2) is 48.9 Å². The summed E-state index contributed by atoms with van der Waals surface area (Å²) < 4.78 is 4.47. The summed E-state index contributed by atoms with van der Waals surface area (Å²) in [5, 5.41) is 2.53. The molecule has 1 N–H and O–H groups in total. The fourth-order valence-electron chi connectivity index (χ4n) is 3.03. The Morgan fingerprint density at radius 2 is 2.00 bits per heavy atom. The van der Waals surface area contributed by atoms with Gasteiger partial charge in [-0.05, 0) is 12.8 Å². The van der Waals surface area contributed by atoms with Gasteiger partial charge in [0.25, 0.3) is 0 Å². The molecule has 2 rings (SSSR count). The maximum absolute atomic E-state index is 12.0. The average molecular weight is 282 g/mol. The second-order valence-electron chi connectivity index (χ2n) is 5.53. The van der Waals surface area contributed by atoms with Crippen molar-refractivity contribution in [3.8, 4) is 0 Å². The molecule has 0 spiro atoms. The third-order valence-corrected chi connectivity index (χ3v) is 4.18. The van der Waals surface area contributed by atoms with Crippen LogP contribution in [0, 0.1) is 5.92 Å². The molecule has 0 aromatic carbocycles. The van der Waals surface area contributed by atoms with E-state index in [4.69, 9.17) is 0 Å². The van der Waals surface area contributed by atoms with E-state index in [9.17, 15) is 14.4 Å². The SMILES string of the molecule is COC(=O)CNC(=O)C1CC(=O)N(C2CCCCC2)C1. The Morgan fingerprint density at radius 1 is 1.30 bits per heavy atom. The van der Waals surface area contributed by atoms with Crippen molar-refractivity contribution in [3.63, 3.8) is 0 Å². The average Bonchev–Trinajstić information content (AvgIpc) is 2.87. The molecule has 0 radical (unpaired) electrons. The van der Waals surface area contributed by atoms with Gasteiger partial charge in [0.15, 0.2) is 0 Å². The normalized spacial score (nSPS) is 23.8. The number of ether oxygens (including phenoxy) is 1. The van der Waals surface area contributed by atoms with Crippen LogP contribution < -0.4 is 5.32 Å². The van der Waals surface area contributed by atoms with Gasteiger partial charge in [-0.2, -0.15) is 0 Å². The third-order valence-electron chi connectivity index (χ3n) is 4.18. The molecule has 1 aliphatic heterocycles. The number of nitrogens with zero attached hydrogens (tertiary/aromatic N) is 1. The quantitative estimate of drug-likeness (QED) is 0.760. The fourth-order valence-corrected chi connectivity index (χ4v) is 3.03. The molecular formula is C14H22N2O4. The van der Waals surface area contributed by atoms with Gasteiger partial charge in [0.2, 0.25) is 11.8 Å². The van der Waals surface area contributed by atoms with Crippen molar-refractivity contribution >= 4 is 17.8 Å². The molecular weight excluding hydrogens is 260 g/mol. The molecule has 0 aromatic rings. The molecule has 1 saturated heterocycles. The molecule has 2 aliphatic rings. The topological polar surface area (TPSA) is 75.7 Å². The van der Waals surface area contributed by atoms with Gasteiger partial charge in [-0.1, -0.05) is 19.3 Å². The Hall–Kier alpha value is -1.59. The summed E-state index contributed by atoms with van der Waals surface area (Å²) in [6.07, 6.45) is 5.90. The summed E-state index contributed by atoms with van der Waals surface area (Å²) in [7, 11) is 1.28. The first kappa shape index (κ1) is 14.8. The van der Waals surface area contributed by atoms with Crippen LogP contribution in [0.1, 0.15) is 38.5 Å². The summed E-state index contributed by atoms with van der Waals surface area (Å²) in [6.45, 7) is 0.347. The second kappa shape index (κ2) is 6.72. The first-order chi connectivity index (χ1) is 9.61. The molecule has 1 aliphatic carbocycles. The van der Waals surface area contributed by atoms with Crippen LogP contribution in [-0.2, 0) is 19.1 Å². The Morgan fingerprint density at radius 3 is 2.65 bits per heavy atom. The van der Waals surface area contributed by atoms with Gasteiger partial charge in [-0.3, -0.25) is 14.4 Å². The van der Waals surface area contributed by atoms with Crippen molar-refractivity contribution in [2.75, 3.05) is 20.2 Å². The maximum Gasteiger partial charge on any atom is 0.325 e. The molecule has 1 atom stereocenters. The second-order valence-corrected chi connectivity index (χ2v) is 5.53. The molecule has 2 amide bonds. The van der Waals surface area contributed by atoms with Crippen molar-refractivity contribution in [1.29, 1.82) is 0 Å². The highest BCUT2D eigenvalue weighted by atomic mass is 16.5. The first-order valence-corrected chi connectivity index (χ1v) is 7.26. The lowest BCUT2D eigenvalue weighted by molar-refractivity contribution is -0.141. The fraction of sp³-hybridized carbons (Fsp3) is 0.786. The minimum atomic E-state index is -0.480.